The quantitative estimate of drug-likeness (QED) is 0.653. The van der Waals surface area contributed by atoms with E-state index in [0.717, 1.165) is 27.6 Å². The molecule has 0 aliphatic rings. The molecule has 0 N–H and O–H groups in total. The lowest BCUT2D eigenvalue weighted by molar-refractivity contribution is 0.101. The van der Waals surface area contributed by atoms with Gasteiger partial charge in [-0.3, -0.25) is 9.78 Å². The first-order valence-electron chi connectivity index (χ1n) is 6.17. The minimum absolute atomic E-state index is 0.0787. The molecule has 3 nitrogen and oxygen atoms in total. The first kappa shape index (κ1) is 11.7. The van der Waals surface area contributed by atoms with Crippen molar-refractivity contribution < 1.29 is 4.79 Å². The number of hydrogen-bond donors (Lipinski definition) is 0. The summed E-state index contributed by atoms with van der Waals surface area (Å²) >= 11 is 0. The van der Waals surface area contributed by atoms with Crippen molar-refractivity contribution >= 4 is 16.6 Å². The van der Waals surface area contributed by atoms with Crippen molar-refractivity contribution in [1.82, 2.24) is 9.55 Å². The van der Waals surface area contributed by atoms with Gasteiger partial charge in [0.1, 0.15) is 0 Å². The van der Waals surface area contributed by atoms with E-state index in [1.54, 1.807) is 6.92 Å². The van der Waals surface area contributed by atoms with Gasteiger partial charge in [-0.15, -0.1) is 0 Å². The molecular formula is C16H14N2O. The summed E-state index contributed by atoms with van der Waals surface area (Å²) in [4.78, 5) is 15.8. The van der Waals surface area contributed by atoms with Crippen molar-refractivity contribution in [2.24, 2.45) is 7.05 Å². The molecule has 0 bridgehead atoms. The van der Waals surface area contributed by atoms with Crippen LogP contribution in [0.3, 0.4) is 0 Å². The molecule has 2 aromatic heterocycles. The van der Waals surface area contributed by atoms with Crippen molar-refractivity contribution in [2.45, 2.75) is 6.92 Å². The van der Waals surface area contributed by atoms with E-state index in [4.69, 9.17) is 0 Å². The average Bonchev–Trinajstić information content (AvgIpc) is 2.80. The highest BCUT2D eigenvalue weighted by Crippen LogP contribution is 2.28. The smallest absolute Gasteiger partial charge is 0.161 e. The Kier molecular flexibility index (Phi) is 2.67. The van der Waals surface area contributed by atoms with Crippen LogP contribution < -0.4 is 0 Å². The summed E-state index contributed by atoms with van der Waals surface area (Å²) in [5.74, 6) is 0.0787. The number of Topliss-reactive ketones (excluding diaryl/α,β-unsaturated/α-hetero) is 1. The summed E-state index contributed by atoms with van der Waals surface area (Å²) in [5, 5.41) is 2.25. The van der Waals surface area contributed by atoms with Gasteiger partial charge in [-0.2, -0.15) is 0 Å². The Labute approximate surface area is 111 Å². The molecule has 0 saturated heterocycles. The number of rotatable bonds is 2. The highest BCUT2D eigenvalue weighted by Gasteiger charge is 2.11. The normalized spacial score (nSPS) is 10.8. The Balaban J connectivity index is 2.27. The standard InChI is InChI=1S/C16H14N2O/c1-11(19)13-7-16(18(2)10-13)15-9-17-8-12-5-3-4-6-14(12)15/h3-10H,1-2H3. The van der Waals surface area contributed by atoms with Gasteiger partial charge in [0, 0.05) is 42.2 Å². The lowest BCUT2D eigenvalue weighted by atomic mass is 10.1. The summed E-state index contributed by atoms with van der Waals surface area (Å²) in [6.07, 6.45) is 5.56. The van der Waals surface area contributed by atoms with Crippen LogP contribution >= 0.6 is 0 Å². The SMILES string of the molecule is CC(=O)c1cc(-c2cncc3ccccc23)n(C)c1. The van der Waals surface area contributed by atoms with E-state index in [1.165, 1.54) is 0 Å². The van der Waals surface area contributed by atoms with E-state index in [9.17, 15) is 4.79 Å². The third kappa shape index (κ3) is 1.93. The van der Waals surface area contributed by atoms with Gasteiger partial charge in [0.2, 0.25) is 0 Å². The molecule has 0 spiro atoms. The molecule has 3 rings (SSSR count). The van der Waals surface area contributed by atoms with Crippen molar-refractivity contribution in [1.29, 1.82) is 0 Å². The molecule has 0 aliphatic carbocycles. The second-order valence-corrected chi connectivity index (χ2v) is 4.69. The minimum atomic E-state index is 0.0787. The number of aryl methyl sites for hydroxylation is 1. The molecule has 0 saturated carbocycles. The minimum Gasteiger partial charge on any atom is -0.350 e. The fourth-order valence-electron chi connectivity index (χ4n) is 2.35. The van der Waals surface area contributed by atoms with Crippen LogP contribution in [0.5, 0.6) is 0 Å². The van der Waals surface area contributed by atoms with Gasteiger partial charge in [0.15, 0.2) is 5.78 Å². The van der Waals surface area contributed by atoms with Crippen LogP contribution in [0.1, 0.15) is 17.3 Å². The molecule has 0 atom stereocenters. The van der Waals surface area contributed by atoms with Crippen molar-refractivity contribution in [3.63, 3.8) is 0 Å². The Bertz CT molecular complexity index is 766. The van der Waals surface area contributed by atoms with E-state index >= 15 is 0 Å². The van der Waals surface area contributed by atoms with Crippen LogP contribution in [0, 0.1) is 0 Å². The maximum atomic E-state index is 11.5. The molecule has 0 unspecified atom stereocenters. The van der Waals surface area contributed by atoms with E-state index in [2.05, 4.69) is 11.1 Å². The van der Waals surface area contributed by atoms with Crippen LogP contribution in [0.15, 0.2) is 48.9 Å². The molecule has 2 heterocycles. The number of ketones is 1. The third-order valence-electron chi connectivity index (χ3n) is 3.36. The summed E-state index contributed by atoms with van der Waals surface area (Å²) in [7, 11) is 1.95. The zero-order valence-corrected chi connectivity index (χ0v) is 10.9. The second-order valence-electron chi connectivity index (χ2n) is 4.69. The summed E-state index contributed by atoms with van der Waals surface area (Å²) in [5.41, 5.74) is 2.79. The van der Waals surface area contributed by atoms with Gasteiger partial charge in [-0.25, -0.2) is 0 Å². The van der Waals surface area contributed by atoms with Gasteiger partial charge < -0.3 is 4.57 Å². The molecule has 0 amide bonds. The Morgan fingerprint density at radius 3 is 2.74 bits per heavy atom. The number of hydrogen-bond acceptors (Lipinski definition) is 2. The Morgan fingerprint density at radius 2 is 2.00 bits per heavy atom. The highest BCUT2D eigenvalue weighted by atomic mass is 16.1. The summed E-state index contributed by atoms with van der Waals surface area (Å²) < 4.78 is 1.97. The molecule has 3 aromatic rings. The summed E-state index contributed by atoms with van der Waals surface area (Å²) in [6.45, 7) is 1.58. The molecule has 0 radical (unpaired) electrons. The van der Waals surface area contributed by atoms with E-state index in [1.807, 2.05) is 54.5 Å². The number of carbonyl (C=O) groups is 1. The van der Waals surface area contributed by atoms with Crippen LogP contribution in [-0.2, 0) is 7.05 Å². The van der Waals surface area contributed by atoms with Gasteiger partial charge in [-0.1, -0.05) is 24.3 Å². The number of fused-ring (bicyclic) bond motifs is 1. The van der Waals surface area contributed by atoms with Crippen LogP contribution in [0.25, 0.3) is 22.0 Å². The first-order chi connectivity index (χ1) is 9.16. The first-order valence-corrected chi connectivity index (χ1v) is 6.17. The number of benzene rings is 1. The van der Waals surface area contributed by atoms with E-state index in [-0.39, 0.29) is 5.78 Å². The van der Waals surface area contributed by atoms with Gasteiger partial charge >= 0.3 is 0 Å². The molecule has 0 aliphatic heterocycles. The zero-order valence-electron chi connectivity index (χ0n) is 10.9. The number of pyridine rings is 1. The third-order valence-corrected chi connectivity index (χ3v) is 3.36. The van der Waals surface area contributed by atoms with Gasteiger partial charge in [-0.05, 0) is 18.4 Å². The number of nitrogens with zero attached hydrogens (tertiary/aromatic N) is 2. The fourth-order valence-corrected chi connectivity index (χ4v) is 2.35. The highest BCUT2D eigenvalue weighted by molar-refractivity contribution is 5.99. The zero-order chi connectivity index (χ0) is 13.4. The molecule has 0 fully saturated rings. The maximum Gasteiger partial charge on any atom is 0.161 e. The van der Waals surface area contributed by atoms with Crippen LogP contribution in [0.2, 0.25) is 0 Å². The monoisotopic (exact) mass is 250 g/mol. The molecular weight excluding hydrogens is 236 g/mol. The molecule has 3 heteroatoms. The number of carbonyl (C=O) groups excluding carboxylic acids is 1. The Morgan fingerprint density at radius 1 is 1.21 bits per heavy atom. The van der Waals surface area contributed by atoms with E-state index in [0.29, 0.717) is 0 Å². The van der Waals surface area contributed by atoms with Crippen molar-refractivity contribution in [3.8, 4) is 11.3 Å². The predicted molar refractivity (Wildman–Crippen MR) is 76.2 cm³/mol. The lowest BCUT2D eigenvalue weighted by Crippen LogP contribution is -1.91. The average molecular weight is 250 g/mol. The van der Waals surface area contributed by atoms with Crippen LogP contribution in [-0.4, -0.2) is 15.3 Å². The number of aromatic nitrogens is 2. The van der Waals surface area contributed by atoms with E-state index < -0.39 is 0 Å². The fraction of sp³-hybridized carbons (Fsp3) is 0.125. The van der Waals surface area contributed by atoms with Gasteiger partial charge in [0.25, 0.3) is 0 Å². The maximum absolute atomic E-state index is 11.5. The van der Waals surface area contributed by atoms with Gasteiger partial charge in [0.05, 0.1) is 5.69 Å². The lowest BCUT2D eigenvalue weighted by Gasteiger charge is -2.06. The Hall–Kier alpha value is -2.42. The predicted octanol–water partition coefficient (Wildman–Crippen LogP) is 3.44. The van der Waals surface area contributed by atoms with Crippen molar-refractivity contribution in [2.75, 3.05) is 0 Å². The topological polar surface area (TPSA) is 34.9 Å². The second kappa shape index (κ2) is 4.35. The summed E-state index contributed by atoms with van der Waals surface area (Å²) in [6, 6.07) is 10.1. The molecule has 94 valence electrons. The largest absolute Gasteiger partial charge is 0.350 e. The van der Waals surface area contributed by atoms with Crippen molar-refractivity contribution in [3.05, 3.63) is 54.5 Å². The molecule has 19 heavy (non-hydrogen) atoms. The van der Waals surface area contributed by atoms with Crippen LogP contribution in [0.4, 0.5) is 0 Å². The molecule has 1 aromatic carbocycles.